The molecular weight excluding hydrogens is 182 g/mol. The fourth-order valence-electron chi connectivity index (χ4n) is 1.38. The van der Waals surface area contributed by atoms with Gasteiger partial charge in [0.25, 0.3) is 0 Å². The van der Waals surface area contributed by atoms with Crippen molar-refractivity contribution in [3.05, 3.63) is 41.0 Å². The Morgan fingerprint density at radius 2 is 2.08 bits per heavy atom. The first-order valence-electron chi connectivity index (χ1n) is 4.35. The average Bonchev–Trinajstić information content (AvgIpc) is 2.17. The standard InChI is InChI=1S/C11H10ClN/c1-2-10-9(12)7-8-5-3-4-6-11(8)13-10/h3-7H,2H2,1H3. The summed E-state index contributed by atoms with van der Waals surface area (Å²) in [5.74, 6) is 0. The smallest absolute Gasteiger partial charge is 0.0706 e. The molecule has 2 aromatic rings. The minimum Gasteiger partial charge on any atom is -0.251 e. The van der Waals surface area contributed by atoms with Crippen molar-refractivity contribution >= 4 is 22.5 Å². The molecule has 0 fully saturated rings. The summed E-state index contributed by atoms with van der Waals surface area (Å²) < 4.78 is 0. The highest BCUT2D eigenvalue weighted by Crippen LogP contribution is 2.20. The van der Waals surface area contributed by atoms with Gasteiger partial charge in [-0.1, -0.05) is 36.7 Å². The number of benzene rings is 1. The fraction of sp³-hybridized carbons (Fsp3) is 0.182. The van der Waals surface area contributed by atoms with E-state index in [1.54, 1.807) is 0 Å². The molecule has 0 spiro atoms. The van der Waals surface area contributed by atoms with Crippen LogP contribution in [-0.2, 0) is 6.42 Å². The van der Waals surface area contributed by atoms with Gasteiger partial charge in [0.2, 0.25) is 0 Å². The van der Waals surface area contributed by atoms with Crippen LogP contribution in [0.1, 0.15) is 12.6 Å². The predicted octanol–water partition coefficient (Wildman–Crippen LogP) is 3.45. The van der Waals surface area contributed by atoms with Crippen LogP contribution in [-0.4, -0.2) is 4.98 Å². The second-order valence-corrected chi connectivity index (χ2v) is 3.37. The predicted molar refractivity (Wildman–Crippen MR) is 56.1 cm³/mol. The highest BCUT2D eigenvalue weighted by atomic mass is 35.5. The van der Waals surface area contributed by atoms with E-state index in [4.69, 9.17) is 11.6 Å². The molecule has 0 saturated carbocycles. The lowest BCUT2D eigenvalue weighted by molar-refractivity contribution is 1.06. The molecule has 0 N–H and O–H groups in total. The molecule has 0 bridgehead atoms. The third kappa shape index (κ3) is 1.52. The third-order valence-electron chi connectivity index (χ3n) is 2.08. The van der Waals surface area contributed by atoms with Crippen molar-refractivity contribution in [3.63, 3.8) is 0 Å². The van der Waals surface area contributed by atoms with Crippen molar-refractivity contribution in [2.24, 2.45) is 0 Å². The maximum Gasteiger partial charge on any atom is 0.0706 e. The second-order valence-electron chi connectivity index (χ2n) is 2.96. The molecule has 0 saturated heterocycles. The van der Waals surface area contributed by atoms with Gasteiger partial charge in [0.05, 0.1) is 16.2 Å². The molecule has 1 aromatic heterocycles. The first-order chi connectivity index (χ1) is 6.31. The van der Waals surface area contributed by atoms with Crippen LogP contribution >= 0.6 is 11.6 Å². The Kier molecular flexibility index (Phi) is 2.19. The van der Waals surface area contributed by atoms with Crippen molar-refractivity contribution in [2.45, 2.75) is 13.3 Å². The number of nitrogens with zero attached hydrogens (tertiary/aromatic N) is 1. The number of aromatic nitrogens is 1. The fourth-order valence-corrected chi connectivity index (χ4v) is 1.67. The summed E-state index contributed by atoms with van der Waals surface area (Å²) in [7, 11) is 0. The van der Waals surface area contributed by atoms with Gasteiger partial charge in [-0.15, -0.1) is 0 Å². The van der Waals surface area contributed by atoms with Crippen LogP contribution in [0.2, 0.25) is 5.02 Å². The van der Waals surface area contributed by atoms with Crippen molar-refractivity contribution < 1.29 is 0 Å². The molecule has 66 valence electrons. The first kappa shape index (κ1) is 8.52. The zero-order chi connectivity index (χ0) is 9.26. The molecule has 0 radical (unpaired) electrons. The summed E-state index contributed by atoms with van der Waals surface area (Å²) in [6.45, 7) is 2.06. The molecule has 13 heavy (non-hydrogen) atoms. The zero-order valence-corrected chi connectivity index (χ0v) is 8.17. The number of para-hydroxylation sites is 1. The Bertz CT molecular complexity index is 437. The summed E-state index contributed by atoms with van der Waals surface area (Å²) in [5, 5.41) is 1.87. The van der Waals surface area contributed by atoms with Crippen LogP contribution < -0.4 is 0 Å². The van der Waals surface area contributed by atoms with E-state index in [0.29, 0.717) is 0 Å². The Balaban J connectivity index is 2.74. The molecular formula is C11H10ClN. The third-order valence-corrected chi connectivity index (χ3v) is 2.41. The molecule has 1 heterocycles. The molecule has 0 aliphatic rings. The molecule has 0 aliphatic heterocycles. The number of aryl methyl sites for hydroxylation is 1. The van der Waals surface area contributed by atoms with E-state index in [-0.39, 0.29) is 0 Å². The molecule has 1 aromatic carbocycles. The summed E-state index contributed by atoms with van der Waals surface area (Å²) >= 11 is 6.04. The van der Waals surface area contributed by atoms with Crippen LogP contribution in [0.4, 0.5) is 0 Å². The van der Waals surface area contributed by atoms with Crippen molar-refractivity contribution in [1.82, 2.24) is 4.98 Å². The Labute approximate surface area is 82.4 Å². The number of halogens is 1. The highest BCUT2D eigenvalue weighted by molar-refractivity contribution is 6.31. The topological polar surface area (TPSA) is 12.9 Å². The van der Waals surface area contributed by atoms with Gasteiger partial charge in [-0.05, 0) is 18.6 Å². The summed E-state index contributed by atoms with van der Waals surface area (Å²) in [5.41, 5.74) is 1.99. The van der Waals surface area contributed by atoms with E-state index in [9.17, 15) is 0 Å². The van der Waals surface area contributed by atoms with Crippen molar-refractivity contribution in [3.8, 4) is 0 Å². The van der Waals surface area contributed by atoms with Gasteiger partial charge >= 0.3 is 0 Å². The van der Waals surface area contributed by atoms with E-state index in [1.807, 2.05) is 30.3 Å². The van der Waals surface area contributed by atoms with Crippen LogP contribution in [0.3, 0.4) is 0 Å². The van der Waals surface area contributed by atoms with Crippen LogP contribution in [0, 0.1) is 0 Å². The van der Waals surface area contributed by atoms with E-state index in [2.05, 4.69) is 11.9 Å². The summed E-state index contributed by atoms with van der Waals surface area (Å²) in [6, 6.07) is 9.98. The van der Waals surface area contributed by atoms with E-state index in [1.165, 1.54) is 0 Å². The number of hydrogen-bond donors (Lipinski definition) is 0. The van der Waals surface area contributed by atoms with Crippen LogP contribution in [0.25, 0.3) is 10.9 Å². The minimum atomic E-state index is 0.765. The minimum absolute atomic E-state index is 0.765. The maximum atomic E-state index is 6.04. The number of hydrogen-bond acceptors (Lipinski definition) is 1. The van der Waals surface area contributed by atoms with E-state index < -0.39 is 0 Å². The molecule has 1 nitrogen and oxygen atoms in total. The average molecular weight is 192 g/mol. The Hall–Kier alpha value is -1.08. The normalized spacial score (nSPS) is 10.6. The molecule has 2 rings (SSSR count). The number of pyridine rings is 1. The van der Waals surface area contributed by atoms with E-state index >= 15 is 0 Å². The Morgan fingerprint density at radius 3 is 2.85 bits per heavy atom. The molecule has 2 heteroatoms. The van der Waals surface area contributed by atoms with E-state index in [0.717, 1.165) is 28.0 Å². The lowest BCUT2D eigenvalue weighted by Gasteiger charge is -2.02. The molecule has 0 atom stereocenters. The van der Waals surface area contributed by atoms with Gasteiger partial charge in [0, 0.05) is 5.39 Å². The van der Waals surface area contributed by atoms with Crippen LogP contribution in [0.5, 0.6) is 0 Å². The largest absolute Gasteiger partial charge is 0.251 e. The van der Waals surface area contributed by atoms with Gasteiger partial charge in [-0.3, -0.25) is 4.98 Å². The van der Waals surface area contributed by atoms with Crippen molar-refractivity contribution in [2.75, 3.05) is 0 Å². The van der Waals surface area contributed by atoms with Gasteiger partial charge < -0.3 is 0 Å². The summed E-state index contributed by atoms with van der Waals surface area (Å²) in [4.78, 5) is 4.46. The van der Waals surface area contributed by atoms with Gasteiger partial charge in [-0.2, -0.15) is 0 Å². The van der Waals surface area contributed by atoms with Gasteiger partial charge in [0.15, 0.2) is 0 Å². The monoisotopic (exact) mass is 191 g/mol. The lowest BCUT2D eigenvalue weighted by atomic mass is 10.2. The zero-order valence-electron chi connectivity index (χ0n) is 7.42. The van der Waals surface area contributed by atoms with Gasteiger partial charge in [-0.25, -0.2) is 0 Å². The second kappa shape index (κ2) is 3.35. The van der Waals surface area contributed by atoms with Gasteiger partial charge in [0.1, 0.15) is 0 Å². The molecule has 0 aliphatic carbocycles. The summed E-state index contributed by atoms with van der Waals surface area (Å²) in [6.07, 6.45) is 0.879. The van der Waals surface area contributed by atoms with Crippen molar-refractivity contribution in [1.29, 1.82) is 0 Å². The molecule has 0 amide bonds. The lowest BCUT2D eigenvalue weighted by Crippen LogP contribution is -1.89. The first-order valence-corrected chi connectivity index (χ1v) is 4.73. The maximum absolute atomic E-state index is 6.04. The SMILES string of the molecule is CCc1nc2ccccc2cc1Cl. The molecule has 0 unspecified atom stereocenters. The number of rotatable bonds is 1. The highest BCUT2D eigenvalue weighted by Gasteiger charge is 2.01. The Morgan fingerprint density at radius 1 is 1.31 bits per heavy atom. The quantitative estimate of drug-likeness (QED) is 0.673. The number of fused-ring (bicyclic) bond motifs is 1. The van der Waals surface area contributed by atoms with Crippen LogP contribution in [0.15, 0.2) is 30.3 Å².